The molecule has 0 saturated carbocycles. The average Bonchev–Trinajstić information content (AvgIpc) is 0.950. The first kappa shape index (κ1) is 57.3. The third kappa shape index (κ3) is 8.47. The zero-order valence-corrected chi connectivity index (χ0v) is 55.9. The Morgan fingerprint density at radius 2 is 0.574 bits per heavy atom. The van der Waals surface area contributed by atoms with Crippen LogP contribution in [0.4, 0.5) is 34.1 Å². The van der Waals surface area contributed by atoms with Crippen LogP contribution in [0.3, 0.4) is 0 Å². The second kappa shape index (κ2) is 21.8. The third-order valence-corrected chi connectivity index (χ3v) is 21.6. The van der Waals surface area contributed by atoms with E-state index in [1.165, 1.54) is 32.6 Å². The fourth-order valence-electron chi connectivity index (χ4n) is 17.3. The second-order valence-corrected chi connectivity index (χ2v) is 28.2. The number of ether oxygens (including phenoxy) is 2. The first-order valence-electron chi connectivity index (χ1n) is 35.0. The highest BCUT2D eigenvalue weighted by molar-refractivity contribution is 7.00. The summed E-state index contributed by atoms with van der Waals surface area (Å²) in [5, 5.41) is 4.77. The van der Waals surface area contributed by atoms with Gasteiger partial charge in [0, 0.05) is 111 Å². The smallest absolute Gasteiger partial charge is 0.252 e. The predicted molar refractivity (Wildman–Crippen MR) is 421 cm³/mol. The number of nitrogens with zero attached hydrogens (tertiary/aromatic N) is 4. The molecule has 101 heavy (non-hydrogen) atoms. The van der Waals surface area contributed by atoms with E-state index < -0.39 is 6.71 Å². The van der Waals surface area contributed by atoms with Crippen LogP contribution in [0, 0.1) is 0 Å². The first-order valence-corrected chi connectivity index (χ1v) is 35.0. The van der Waals surface area contributed by atoms with Crippen molar-refractivity contribution in [3.63, 3.8) is 0 Å². The van der Waals surface area contributed by atoms with Gasteiger partial charge in [0.05, 0.1) is 33.4 Å². The molecule has 7 heteroatoms. The van der Waals surface area contributed by atoms with Crippen LogP contribution in [0.1, 0.15) is 26.3 Å². The molecule has 0 amide bonds. The molecule has 15 aromatic carbocycles. The molecule has 0 atom stereocenters. The van der Waals surface area contributed by atoms with Gasteiger partial charge in [-0.3, -0.25) is 0 Å². The largest absolute Gasteiger partial charge is 0.456 e. The Bertz CT molecular complexity index is 5870. The van der Waals surface area contributed by atoms with Gasteiger partial charge in [-0.1, -0.05) is 263 Å². The maximum atomic E-state index is 7.57. The summed E-state index contributed by atoms with van der Waals surface area (Å²) in [4.78, 5) is 5.43. The number of rotatable bonds is 4. The highest BCUT2D eigenvalue weighted by Gasteiger charge is 2.49. The lowest BCUT2D eigenvalue weighted by Gasteiger charge is -2.48. The number of benzene rings is 15. The molecule has 17 aromatic rings. The first-order chi connectivity index (χ1) is 49.8. The van der Waals surface area contributed by atoms with Crippen molar-refractivity contribution in [3.8, 4) is 101 Å². The Morgan fingerprint density at radius 1 is 0.267 bits per heavy atom. The van der Waals surface area contributed by atoms with Crippen molar-refractivity contribution in [2.75, 3.05) is 9.80 Å². The van der Waals surface area contributed by atoms with E-state index in [0.717, 1.165) is 168 Å². The Balaban J connectivity index is 1.02. The van der Waals surface area contributed by atoms with Crippen molar-refractivity contribution >= 4 is 101 Å². The van der Waals surface area contributed by atoms with Crippen molar-refractivity contribution in [1.29, 1.82) is 0 Å². The van der Waals surface area contributed by atoms with E-state index in [0.29, 0.717) is 0 Å². The fourth-order valence-corrected chi connectivity index (χ4v) is 17.3. The van der Waals surface area contributed by atoms with Crippen LogP contribution in [0.5, 0.6) is 23.0 Å². The maximum Gasteiger partial charge on any atom is 0.252 e. The van der Waals surface area contributed by atoms with Crippen LogP contribution in [-0.4, -0.2) is 15.8 Å². The van der Waals surface area contributed by atoms with Gasteiger partial charge in [0.1, 0.15) is 23.0 Å². The summed E-state index contributed by atoms with van der Waals surface area (Å²) >= 11 is 0. The standard InChI is InChI=1S/C94H63BN4O2/c1-94(2,3)60-52-83-89-84(53-60)99-91-64(59-30-8-5-9-31-59)41-27-43-74(91)70-37-15-23-49-86(70)101-88-51-25-17-39-72(88)76-55-62(97-81-46-20-12-34-67(81)68-35-13-21-47-82(68)97)57-78(93(76)99)95(89)77-56-61(96-79-44-18-10-32-65(79)66-33-11-19-45-80(66)96)54-75-71-38-16-24-50-87(71)100-85-48-22-14-36-69(85)73-42-26-40-63(58-28-6-4-7-29-58)90(73)98(83)92(75)77/h4-57H,1-3H3. The lowest BCUT2D eigenvalue weighted by molar-refractivity contribution is 0.486. The van der Waals surface area contributed by atoms with Crippen LogP contribution in [0.25, 0.3) is 122 Å². The lowest BCUT2D eigenvalue weighted by atomic mass is 9.33. The van der Waals surface area contributed by atoms with Crippen LogP contribution >= 0.6 is 0 Å². The monoisotopic (exact) mass is 1290 g/mol. The number of anilines is 6. The van der Waals surface area contributed by atoms with Crippen LogP contribution in [0.2, 0.25) is 0 Å². The lowest BCUT2D eigenvalue weighted by Crippen LogP contribution is -2.62. The van der Waals surface area contributed by atoms with E-state index >= 15 is 0 Å². The molecule has 474 valence electrons. The van der Waals surface area contributed by atoms with Gasteiger partial charge in [-0.15, -0.1) is 0 Å². The third-order valence-electron chi connectivity index (χ3n) is 21.6. The highest BCUT2D eigenvalue weighted by atomic mass is 16.5. The number of para-hydroxylation sites is 10. The second-order valence-electron chi connectivity index (χ2n) is 28.2. The highest BCUT2D eigenvalue weighted by Crippen LogP contribution is 2.60. The molecule has 21 rings (SSSR count). The normalized spacial score (nSPS) is 13.0. The van der Waals surface area contributed by atoms with E-state index in [1.807, 2.05) is 0 Å². The fraction of sp³-hybridized carbons (Fsp3) is 0.0426. The van der Waals surface area contributed by atoms with Crippen molar-refractivity contribution in [3.05, 3.63) is 333 Å². The van der Waals surface area contributed by atoms with Crippen molar-refractivity contribution in [2.24, 2.45) is 0 Å². The molecule has 6 heterocycles. The molecule has 0 saturated heterocycles. The quantitative estimate of drug-likeness (QED) is 0.165. The predicted octanol–water partition coefficient (Wildman–Crippen LogP) is 23.5. The number of hydrogen-bond donors (Lipinski definition) is 0. The molecule has 0 fully saturated rings. The summed E-state index contributed by atoms with van der Waals surface area (Å²) < 4.78 is 20.2. The molecular formula is C94H63BN4O2. The molecular weight excluding hydrogens is 1230 g/mol. The molecule has 0 bridgehead atoms. The van der Waals surface area contributed by atoms with Gasteiger partial charge in [-0.2, -0.15) is 0 Å². The Hall–Kier alpha value is -12.8. The SMILES string of the molecule is CC(C)(C)c1cc2c3c(c1)N1c4c(cc(-n5c6ccccc6c6ccccc65)cc4-c4ccccc4Oc4ccccc4-c4cccc(-c5ccccc5)c41)B3c1cc(-n3c4ccccc4c4ccccc43)cc3c1N2c1c(-c2ccccc2)cccc1-c1ccccc1Oc1ccccc1-3. The zero-order valence-electron chi connectivity index (χ0n) is 55.9. The molecule has 6 nitrogen and oxygen atoms in total. The van der Waals surface area contributed by atoms with Crippen molar-refractivity contribution < 1.29 is 9.47 Å². The van der Waals surface area contributed by atoms with E-state index in [1.54, 1.807) is 0 Å². The van der Waals surface area contributed by atoms with Crippen LogP contribution in [-0.2, 0) is 5.41 Å². The summed E-state index contributed by atoms with van der Waals surface area (Å²) in [6.07, 6.45) is 0. The van der Waals surface area contributed by atoms with Gasteiger partial charge in [-0.25, -0.2) is 0 Å². The minimum atomic E-state index is -0.434. The van der Waals surface area contributed by atoms with E-state index in [2.05, 4.69) is 367 Å². The molecule has 2 aromatic heterocycles. The summed E-state index contributed by atoms with van der Waals surface area (Å²) in [7, 11) is 0. The van der Waals surface area contributed by atoms with Gasteiger partial charge < -0.3 is 28.4 Å². The summed E-state index contributed by atoms with van der Waals surface area (Å²) in [5.74, 6) is 3.08. The molecule has 0 unspecified atom stereocenters. The number of fused-ring (bicyclic) bond motifs is 22. The van der Waals surface area contributed by atoms with Gasteiger partial charge in [0.2, 0.25) is 0 Å². The van der Waals surface area contributed by atoms with Gasteiger partial charge >= 0.3 is 0 Å². The van der Waals surface area contributed by atoms with E-state index in [9.17, 15) is 0 Å². The van der Waals surface area contributed by atoms with E-state index in [4.69, 9.17) is 9.47 Å². The van der Waals surface area contributed by atoms with E-state index in [-0.39, 0.29) is 5.41 Å². The maximum absolute atomic E-state index is 7.57. The number of aromatic nitrogens is 2. The summed E-state index contributed by atoms with van der Waals surface area (Å²) in [6, 6.07) is 121. The molecule has 0 radical (unpaired) electrons. The van der Waals surface area contributed by atoms with Gasteiger partial charge in [0.25, 0.3) is 6.71 Å². The Morgan fingerprint density at radius 3 is 0.941 bits per heavy atom. The number of hydrogen-bond acceptors (Lipinski definition) is 4. The van der Waals surface area contributed by atoms with Gasteiger partial charge in [-0.05, 0) is 123 Å². The topological polar surface area (TPSA) is 34.8 Å². The average molecular weight is 1290 g/mol. The summed E-state index contributed by atoms with van der Waals surface area (Å²) in [5.41, 5.74) is 29.9. The Kier molecular flexibility index (Phi) is 12.4. The minimum Gasteiger partial charge on any atom is -0.456 e. The van der Waals surface area contributed by atoms with Crippen molar-refractivity contribution in [2.45, 2.75) is 26.2 Å². The molecule has 0 spiro atoms. The summed E-state index contributed by atoms with van der Waals surface area (Å²) in [6.45, 7) is 6.71. The van der Waals surface area contributed by atoms with Crippen LogP contribution < -0.4 is 35.7 Å². The van der Waals surface area contributed by atoms with Crippen LogP contribution in [0.15, 0.2) is 328 Å². The van der Waals surface area contributed by atoms with Gasteiger partial charge in [0.15, 0.2) is 0 Å². The zero-order chi connectivity index (χ0) is 66.8. The molecule has 4 aliphatic heterocycles. The molecule has 0 aliphatic carbocycles. The minimum absolute atomic E-state index is 0.369. The van der Waals surface area contributed by atoms with Crippen molar-refractivity contribution in [1.82, 2.24) is 9.13 Å². The molecule has 4 aliphatic rings. The Labute approximate surface area is 586 Å². The molecule has 0 N–H and O–H groups in total.